The third-order valence-electron chi connectivity index (χ3n) is 4.58. The Kier molecular flexibility index (Phi) is 5.87. The number of thioether (sulfide) groups is 1. The van der Waals surface area contributed by atoms with Crippen molar-refractivity contribution >= 4 is 46.7 Å². The van der Waals surface area contributed by atoms with E-state index in [1.807, 2.05) is 18.2 Å². The van der Waals surface area contributed by atoms with Gasteiger partial charge in [0.1, 0.15) is 5.82 Å². The molecule has 30 heavy (non-hydrogen) atoms. The predicted molar refractivity (Wildman–Crippen MR) is 117 cm³/mol. The summed E-state index contributed by atoms with van der Waals surface area (Å²) < 4.78 is 0. The molecule has 0 saturated carbocycles. The van der Waals surface area contributed by atoms with Crippen molar-refractivity contribution < 1.29 is 9.59 Å². The smallest absolute Gasteiger partial charge is 0.257 e. The van der Waals surface area contributed by atoms with Crippen LogP contribution in [0.25, 0.3) is 0 Å². The van der Waals surface area contributed by atoms with Crippen LogP contribution in [0.5, 0.6) is 0 Å². The number of carbonyl (C=O) groups excluding carboxylic acids is 2. The minimum Gasteiger partial charge on any atom is -0.326 e. The van der Waals surface area contributed by atoms with Gasteiger partial charge in [0.05, 0.1) is 11.5 Å². The van der Waals surface area contributed by atoms with Gasteiger partial charge in [-0.1, -0.05) is 53.7 Å². The number of hydrogen-bond acceptors (Lipinski definition) is 5. The highest BCUT2D eigenvalue weighted by atomic mass is 35.5. The third-order valence-corrected chi connectivity index (χ3v) is 5.77. The van der Waals surface area contributed by atoms with Gasteiger partial charge < -0.3 is 15.6 Å². The monoisotopic (exact) mass is 440 g/mol. The fourth-order valence-electron chi connectivity index (χ4n) is 3.13. The SMILES string of the molecule is O=C1CC(C(=O)Nc2ccccc2)c2c(nc(SCc3ccc(Cl)cc3)[nH]c2=O)N1. The number of fused-ring (bicyclic) bond motifs is 1. The Morgan fingerprint density at radius 1 is 1.13 bits per heavy atom. The molecule has 0 spiro atoms. The topological polar surface area (TPSA) is 104 Å². The number of hydrogen-bond donors (Lipinski definition) is 3. The van der Waals surface area contributed by atoms with Gasteiger partial charge in [0.15, 0.2) is 5.16 Å². The Bertz CT molecular complexity index is 1150. The van der Waals surface area contributed by atoms with E-state index < -0.39 is 17.4 Å². The number of halogens is 1. The van der Waals surface area contributed by atoms with Gasteiger partial charge in [0.2, 0.25) is 11.8 Å². The lowest BCUT2D eigenvalue weighted by Gasteiger charge is -2.23. The minimum absolute atomic E-state index is 0.117. The van der Waals surface area contributed by atoms with Crippen molar-refractivity contribution in [2.75, 3.05) is 10.6 Å². The predicted octanol–water partition coefficient (Wildman–Crippen LogP) is 3.78. The molecule has 0 saturated heterocycles. The Morgan fingerprint density at radius 2 is 1.87 bits per heavy atom. The summed E-state index contributed by atoms with van der Waals surface area (Å²) in [6, 6.07) is 16.2. The lowest BCUT2D eigenvalue weighted by molar-refractivity contribution is -0.123. The van der Waals surface area contributed by atoms with Crippen LogP contribution in [-0.2, 0) is 15.3 Å². The molecule has 1 aliphatic rings. The largest absolute Gasteiger partial charge is 0.326 e. The van der Waals surface area contributed by atoms with Crippen LogP contribution < -0.4 is 16.2 Å². The zero-order chi connectivity index (χ0) is 21.1. The van der Waals surface area contributed by atoms with Crippen LogP contribution in [0.15, 0.2) is 64.5 Å². The van der Waals surface area contributed by atoms with Crippen molar-refractivity contribution in [1.82, 2.24) is 9.97 Å². The third kappa shape index (κ3) is 4.55. The van der Waals surface area contributed by atoms with Crippen LogP contribution in [-0.4, -0.2) is 21.8 Å². The molecule has 0 bridgehead atoms. The number of amides is 2. The molecular formula is C21H17ClN4O3S. The molecular weight excluding hydrogens is 424 g/mol. The molecule has 7 nitrogen and oxygen atoms in total. The lowest BCUT2D eigenvalue weighted by atomic mass is 9.92. The van der Waals surface area contributed by atoms with Crippen molar-refractivity contribution in [3.8, 4) is 0 Å². The molecule has 1 atom stereocenters. The standard InChI is InChI=1S/C21H17ClN4O3S/c22-13-8-6-12(7-9-13)11-30-21-25-18-17(20(29)26-21)15(10-16(27)24-18)19(28)23-14-4-2-1-3-5-14/h1-9,15H,10-11H2,(H,23,28)(H2,24,25,26,27,29). The molecule has 2 heterocycles. The zero-order valence-electron chi connectivity index (χ0n) is 15.6. The van der Waals surface area contributed by atoms with Crippen molar-refractivity contribution in [1.29, 1.82) is 0 Å². The molecule has 0 radical (unpaired) electrons. The maximum atomic E-state index is 12.8. The van der Waals surface area contributed by atoms with Gasteiger partial charge in [-0.2, -0.15) is 0 Å². The number of benzene rings is 2. The average molecular weight is 441 g/mol. The Morgan fingerprint density at radius 3 is 2.60 bits per heavy atom. The van der Waals surface area contributed by atoms with Crippen LogP contribution in [0.1, 0.15) is 23.5 Å². The maximum absolute atomic E-state index is 12.8. The van der Waals surface area contributed by atoms with Gasteiger partial charge >= 0.3 is 0 Å². The molecule has 1 aromatic heterocycles. The second-order valence-corrected chi connectivity index (χ2v) is 8.11. The van der Waals surface area contributed by atoms with E-state index in [9.17, 15) is 14.4 Å². The highest BCUT2D eigenvalue weighted by Crippen LogP contribution is 2.31. The molecule has 0 fully saturated rings. The van der Waals surface area contributed by atoms with Crippen molar-refractivity contribution in [3.05, 3.63) is 81.1 Å². The van der Waals surface area contributed by atoms with Crippen molar-refractivity contribution in [2.45, 2.75) is 23.2 Å². The zero-order valence-corrected chi connectivity index (χ0v) is 17.2. The second kappa shape index (κ2) is 8.73. The summed E-state index contributed by atoms with van der Waals surface area (Å²) in [5, 5.41) is 6.37. The summed E-state index contributed by atoms with van der Waals surface area (Å²) in [4.78, 5) is 44.8. The first kappa shape index (κ1) is 20.2. The molecule has 2 amide bonds. The van der Waals surface area contributed by atoms with Crippen LogP contribution in [0, 0.1) is 0 Å². The molecule has 1 unspecified atom stereocenters. The van der Waals surface area contributed by atoms with E-state index in [1.54, 1.807) is 36.4 Å². The summed E-state index contributed by atoms with van der Waals surface area (Å²) >= 11 is 7.21. The molecule has 3 aromatic rings. The van der Waals surface area contributed by atoms with E-state index in [-0.39, 0.29) is 23.7 Å². The summed E-state index contributed by atoms with van der Waals surface area (Å²) in [5.41, 5.74) is 1.33. The van der Waals surface area contributed by atoms with Crippen molar-refractivity contribution in [2.24, 2.45) is 0 Å². The van der Waals surface area contributed by atoms with E-state index in [2.05, 4.69) is 20.6 Å². The molecule has 9 heteroatoms. The summed E-state index contributed by atoms with van der Waals surface area (Å²) in [6.45, 7) is 0. The summed E-state index contributed by atoms with van der Waals surface area (Å²) in [7, 11) is 0. The van der Waals surface area contributed by atoms with Gasteiger partial charge in [0.25, 0.3) is 5.56 Å². The van der Waals surface area contributed by atoms with Gasteiger partial charge in [-0.3, -0.25) is 14.4 Å². The highest BCUT2D eigenvalue weighted by molar-refractivity contribution is 7.98. The first-order chi connectivity index (χ1) is 14.5. The number of anilines is 2. The first-order valence-electron chi connectivity index (χ1n) is 9.17. The molecule has 0 aliphatic carbocycles. The lowest BCUT2D eigenvalue weighted by Crippen LogP contribution is -2.36. The van der Waals surface area contributed by atoms with Crippen molar-refractivity contribution in [3.63, 3.8) is 0 Å². The molecule has 4 rings (SSSR count). The van der Waals surface area contributed by atoms with Gasteiger partial charge in [-0.05, 0) is 29.8 Å². The second-order valence-electron chi connectivity index (χ2n) is 6.71. The van der Waals surface area contributed by atoms with Gasteiger partial charge in [0, 0.05) is 22.9 Å². The first-order valence-corrected chi connectivity index (χ1v) is 10.5. The van der Waals surface area contributed by atoms with Gasteiger partial charge in [-0.25, -0.2) is 4.98 Å². The van der Waals surface area contributed by atoms with Crippen LogP contribution in [0.4, 0.5) is 11.5 Å². The number of aromatic amines is 1. The fourth-order valence-corrected chi connectivity index (χ4v) is 4.07. The van der Waals surface area contributed by atoms with E-state index in [1.165, 1.54) is 11.8 Å². The summed E-state index contributed by atoms with van der Waals surface area (Å²) in [6.07, 6.45) is -0.117. The number of para-hydroxylation sites is 1. The average Bonchev–Trinajstić information content (AvgIpc) is 2.73. The van der Waals surface area contributed by atoms with E-state index in [4.69, 9.17) is 11.6 Å². The van der Waals surface area contributed by atoms with Gasteiger partial charge in [-0.15, -0.1) is 0 Å². The number of nitrogens with zero attached hydrogens (tertiary/aromatic N) is 1. The fraction of sp³-hybridized carbons (Fsp3) is 0.143. The Labute approximate surface area is 181 Å². The Hall–Kier alpha value is -3.10. The molecule has 3 N–H and O–H groups in total. The highest BCUT2D eigenvalue weighted by Gasteiger charge is 2.34. The van der Waals surface area contributed by atoms with Crippen LogP contribution in [0.2, 0.25) is 5.02 Å². The number of H-pyrrole nitrogens is 1. The van der Waals surface area contributed by atoms with E-state index in [0.717, 1.165) is 5.56 Å². The minimum atomic E-state index is -0.916. The Balaban J connectivity index is 1.57. The number of aromatic nitrogens is 2. The maximum Gasteiger partial charge on any atom is 0.257 e. The van der Waals surface area contributed by atoms with E-state index >= 15 is 0 Å². The molecule has 2 aromatic carbocycles. The van der Waals surface area contributed by atoms with E-state index in [0.29, 0.717) is 21.6 Å². The number of rotatable bonds is 5. The quantitative estimate of drug-likeness (QED) is 0.413. The number of nitrogens with one attached hydrogen (secondary N) is 3. The summed E-state index contributed by atoms with van der Waals surface area (Å²) in [5.74, 6) is -1.01. The van der Waals surface area contributed by atoms with Crippen LogP contribution in [0.3, 0.4) is 0 Å². The number of carbonyl (C=O) groups is 2. The molecule has 152 valence electrons. The van der Waals surface area contributed by atoms with Crippen LogP contribution >= 0.6 is 23.4 Å². The molecule has 1 aliphatic heterocycles. The normalized spacial score (nSPS) is 15.2.